The third-order valence-electron chi connectivity index (χ3n) is 5.04. The smallest absolute Gasteiger partial charge is 0.257 e. The number of amides is 1. The molecule has 3 aromatic carbocycles. The number of anilines is 1. The van der Waals surface area contributed by atoms with E-state index < -0.39 is 0 Å². The molecule has 0 unspecified atom stereocenters. The van der Waals surface area contributed by atoms with Gasteiger partial charge in [-0.2, -0.15) is 5.10 Å². The fourth-order valence-corrected chi connectivity index (χ4v) is 4.29. The van der Waals surface area contributed by atoms with E-state index in [1.165, 1.54) is 11.8 Å². The lowest BCUT2D eigenvalue weighted by molar-refractivity contribution is 0.102. The number of nitrogens with zero attached hydrogens (tertiary/aromatic N) is 2. The topological polar surface area (TPSA) is 83.8 Å². The van der Waals surface area contributed by atoms with Gasteiger partial charge in [0.05, 0.1) is 5.69 Å². The van der Waals surface area contributed by atoms with Gasteiger partial charge in [-0.1, -0.05) is 65.9 Å². The minimum absolute atomic E-state index is 0.207. The number of fused-ring (bicyclic) bond motifs is 1. The van der Waals surface area contributed by atoms with Crippen molar-refractivity contribution in [3.63, 3.8) is 0 Å². The number of carbonyl (C=O) groups is 1. The average molecular weight is 441 g/mol. The Hall–Kier alpha value is -3.84. The van der Waals surface area contributed by atoms with Crippen molar-refractivity contribution < 1.29 is 9.21 Å². The Kier molecular flexibility index (Phi) is 5.47. The molecule has 0 fully saturated rings. The lowest BCUT2D eigenvalue weighted by atomic mass is 10.1. The van der Waals surface area contributed by atoms with Gasteiger partial charge < -0.3 is 9.73 Å². The van der Waals surface area contributed by atoms with E-state index in [0.29, 0.717) is 22.4 Å². The van der Waals surface area contributed by atoms with Crippen LogP contribution in [0.15, 0.2) is 88.5 Å². The Balaban J connectivity index is 1.30. The number of thioether (sulfide) groups is 1. The highest BCUT2D eigenvalue weighted by atomic mass is 32.2. The van der Waals surface area contributed by atoms with E-state index in [4.69, 9.17) is 4.42 Å². The first-order chi connectivity index (χ1) is 15.7. The molecule has 0 atom stereocenters. The monoisotopic (exact) mass is 440 g/mol. The van der Waals surface area contributed by atoms with Gasteiger partial charge in [0.2, 0.25) is 0 Å². The number of rotatable bonds is 6. The molecule has 0 bridgehead atoms. The third kappa shape index (κ3) is 4.29. The Labute approximate surface area is 189 Å². The maximum Gasteiger partial charge on any atom is 0.257 e. The van der Waals surface area contributed by atoms with Crippen LogP contribution in [0.25, 0.3) is 22.4 Å². The molecular weight excluding hydrogens is 420 g/mol. The van der Waals surface area contributed by atoms with Gasteiger partial charge in [-0.3, -0.25) is 9.89 Å². The van der Waals surface area contributed by atoms with Crippen LogP contribution in [-0.2, 0) is 5.75 Å². The van der Waals surface area contributed by atoms with Crippen molar-refractivity contribution in [2.45, 2.75) is 17.9 Å². The largest absolute Gasteiger partial charge is 0.431 e. The second-order valence-electron chi connectivity index (χ2n) is 7.38. The molecule has 158 valence electrons. The van der Waals surface area contributed by atoms with Gasteiger partial charge in [0.15, 0.2) is 11.4 Å². The third-order valence-corrected chi connectivity index (χ3v) is 5.91. The molecule has 0 saturated carbocycles. The van der Waals surface area contributed by atoms with Gasteiger partial charge in [-0.05, 0) is 42.3 Å². The zero-order valence-electron chi connectivity index (χ0n) is 17.3. The maximum absolute atomic E-state index is 13.0. The molecule has 2 aromatic heterocycles. The van der Waals surface area contributed by atoms with Crippen LogP contribution < -0.4 is 5.32 Å². The summed E-state index contributed by atoms with van der Waals surface area (Å²) in [4.78, 5) is 17.5. The highest BCUT2D eigenvalue weighted by molar-refractivity contribution is 7.98. The van der Waals surface area contributed by atoms with Crippen LogP contribution in [0.1, 0.15) is 21.5 Å². The van der Waals surface area contributed by atoms with Crippen LogP contribution in [-0.4, -0.2) is 21.1 Å². The van der Waals surface area contributed by atoms with E-state index in [2.05, 4.69) is 26.6 Å². The van der Waals surface area contributed by atoms with E-state index in [0.717, 1.165) is 33.5 Å². The van der Waals surface area contributed by atoms with Gasteiger partial charge in [0.25, 0.3) is 11.1 Å². The summed E-state index contributed by atoms with van der Waals surface area (Å²) in [5.74, 6) is 0.833. The summed E-state index contributed by atoms with van der Waals surface area (Å²) >= 11 is 1.46. The van der Waals surface area contributed by atoms with Crippen LogP contribution in [0.4, 0.5) is 5.82 Å². The summed E-state index contributed by atoms with van der Waals surface area (Å²) in [5.41, 5.74) is 6.10. The Morgan fingerprint density at radius 1 is 1.03 bits per heavy atom. The van der Waals surface area contributed by atoms with Crippen molar-refractivity contribution in [1.29, 1.82) is 0 Å². The molecule has 32 heavy (non-hydrogen) atoms. The van der Waals surface area contributed by atoms with E-state index in [-0.39, 0.29) is 5.91 Å². The SMILES string of the molecule is Cc1cccc(-c2cc(NC(=O)c3ccccc3CSc3nc4ccccc4o3)n[nH]2)c1. The maximum atomic E-state index is 13.0. The highest BCUT2D eigenvalue weighted by Gasteiger charge is 2.15. The number of para-hydroxylation sites is 2. The number of aryl methyl sites for hydroxylation is 1. The van der Waals surface area contributed by atoms with Gasteiger partial charge in [0.1, 0.15) is 5.52 Å². The Morgan fingerprint density at radius 3 is 2.75 bits per heavy atom. The second-order valence-corrected chi connectivity index (χ2v) is 8.31. The molecule has 5 aromatic rings. The van der Waals surface area contributed by atoms with Crippen LogP contribution >= 0.6 is 11.8 Å². The summed E-state index contributed by atoms with van der Waals surface area (Å²) in [6.45, 7) is 2.04. The Morgan fingerprint density at radius 2 is 1.88 bits per heavy atom. The van der Waals surface area contributed by atoms with Gasteiger partial charge >= 0.3 is 0 Å². The Bertz CT molecular complexity index is 1370. The first-order valence-electron chi connectivity index (χ1n) is 10.2. The van der Waals surface area contributed by atoms with Gasteiger partial charge in [-0.25, -0.2) is 4.98 Å². The van der Waals surface area contributed by atoms with E-state index in [9.17, 15) is 4.79 Å². The number of benzene rings is 3. The van der Waals surface area contributed by atoms with Crippen molar-refractivity contribution >= 4 is 34.6 Å². The van der Waals surface area contributed by atoms with Crippen LogP contribution in [0, 0.1) is 6.92 Å². The van der Waals surface area contributed by atoms with E-state index in [1.54, 1.807) is 0 Å². The summed E-state index contributed by atoms with van der Waals surface area (Å²) < 4.78 is 5.78. The van der Waals surface area contributed by atoms with Crippen LogP contribution in [0.5, 0.6) is 0 Å². The number of nitrogens with one attached hydrogen (secondary N) is 2. The fourth-order valence-electron chi connectivity index (χ4n) is 3.45. The molecule has 0 spiro atoms. The lowest BCUT2D eigenvalue weighted by Crippen LogP contribution is -2.14. The molecule has 7 heteroatoms. The summed E-state index contributed by atoms with van der Waals surface area (Å²) in [6, 6.07) is 25.1. The van der Waals surface area contributed by atoms with E-state index in [1.807, 2.05) is 79.7 Å². The number of carbonyl (C=O) groups excluding carboxylic acids is 1. The standard InChI is InChI=1S/C25H20N4O2S/c1-16-7-6-9-17(13-16)21-14-23(29-28-21)27-24(30)19-10-3-2-8-18(19)15-32-25-26-20-11-4-5-12-22(20)31-25/h2-14H,15H2,1H3,(H2,27,28,29,30). The van der Waals surface area contributed by atoms with Gasteiger partial charge in [0, 0.05) is 17.4 Å². The lowest BCUT2D eigenvalue weighted by Gasteiger charge is -2.07. The molecule has 0 aliphatic carbocycles. The number of aromatic amines is 1. The molecule has 0 aliphatic rings. The predicted molar refractivity (Wildman–Crippen MR) is 127 cm³/mol. The molecule has 1 amide bonds. The van der Waals surface area contributed by atoms with Crippen molar-refractivity contribution in [3.8, 4) is 11.3 Å². The quantitative estimate of drug-likeness (QED) is 0.313. The van der Waals surface area contributed by atoms with Crippen molar-refractivity contribution in [2.75, 3.05) is 5.32 Å². The molecule has 0 aliphatic heterocycles. The zero-order chi connectivity index (χ0) is 21.9. The van der Waals surface area contributed by atoms with E-state index >= 15 is 0 Å². The first kappa shape index (κ1) is 20.1. The number of H-pyrrole nitrogens is 1. The minimum atomic E-state index is -0.207. The number of oxazole rings is 1. The van der Waals surface area contributed by atoms with Crippen LogP contribution in [0.2, 0.25) is 0 Å². The van der Waals surface area contributed by atoms with Crippen molar-refractivity contribution in [2.24, 2.45) is 0 Å². The first-order valence-corrected chi connectivity index (χ1v) is 11.1. The second kappa shape index (κ2) is 8.72. The summed E-state index contributed by atoms with van der Waals surface area (Å²) in [7, 11) is 0. The summed E-state index contributed by atoms with van der Waals surface area (Å²) in [6.07, 6.45) is 0. The minimum Gasteiger partial charge on any atom is -0.431 e. The number of aromatic nitrogens is 3. The fraction of sp³-hybridized carbons (Fsp3) is 0.0800. The van der Waals surface area contributed by atoms with Crippen LogP contribution in [0.3, 0.4) is 0 Å². The summed E-state index contributed by atoms with van der Waals surface area (Å²) in [5, 5.41) is 10.7. The molecule has 5 rings (SSSR count). The number of hydrogen-bond acceptors (Lipinski definition) is 5. The predicted octanol–water partition coefficient (Wildman–Crippen LogP) is 6.07. The highest BCUT2D eigenvalue weighted by Crippen LogP contribution is 2.28. The molecule has 6 nitrogen and oxygen atoms in total. The number of hydrogen-bond donors (Lipinski definition) is 2. The molecule has 2 N–H and O–H groups in total. The van der Waals surface area contributed by atoms with Gasteiger partial charge in [-0.15, -0.1) is 0 Å². The van der Waals surface area contributed by atoms with Crippen molar-refractivity contribution in [3.05, 3.63) is 95.6 Å². The van der Waals surface area contributed by atoms with Crippen molar-refractivity contribution in [1.82, 2.24) is 15.2 Å². The molecular formula is C25H20N4O2S. The molecule has 0 radical (unpaired) electrons. The normalized spacial score (nSPS) is 11.0. The zero-order valence-corrected chi connectivity index (χ0v) is 18.1. The molecule has 2 heterocycles. The average Bonchev–Trinajstić information content (AvgIpc) is 3.44. The molecule has 0 saturated heterocycles.